The summed E-state index contributed by atoms with van der Waals surface area (Å²) in [5.41, 5.74) is 2.97. The normalized spacial score (nSPS) is 10.2. The van der Waals surface area contributed by atoms with Crippen molar-refractivity contribution < 1.29 is 9.59 Å². The molecule has 1 aromatic heterocycles. The standard InChI is InChI=1S/C19H23N3O2/c1-3-4-9-21-18(23)16-10-17(12-20-11-16)19(24)22-13-15-8-6-5-7-14(15)2/h5-8,10-12H,3-4,9,13H2,1-2H3,(H,21,23)(H,22,24). The average molecular weight is 325 g/mol. The number of unbranched alkanes of at least 4 members (excludes halogenated alkanes) is 1. The fourth-order valence-corrected chi connectivity index (χ4v) is 2.26. The second kappa shape index (κ2) is 8.82. The number of amides is 2. The van der Waals surface area contributed by atoms with Crippen LogP contribution in [0.15, 0.2) is 42.7 Å². The van der Waals surface area contributed by atoms with Gasteiger partial charge < -0.3 is 10.6 Å². The van der Waals surface area contributed by atoms with Crippen LogP contribution in [0.5, 0.6) is 0 Å². The Morgan fingerprint density at radius 1 is 1.04 bits per heavy atom. The van der Waals surface area contributed by atoms with E-state index in [1.165, 1.54) is 12.4 Å². The predicted octanol–water partition coefficient (Wildman–Crippen LogP) is 2.85. The third kappa shape index (κ3) is 4.91. The van der Waals surface area contributed by atoms with Crippen LogP contribution in [0, 0.1) is 6.92 Å². The first-order valence-electron chi connectivity index (χ1n) is 8.17. The number of carbonyl (C=O) groups is 2. The lowest BCUT2D eigenvalue weighted by molar-refractivity contribution is 0.0950. The van der Waals surface area contributed by atoms with Crippen molar-refractivity contribution in [1.82, 2.24) is 15.6 Å². The van der Waals surface area contributed by atoms with Gasteiger partial charge in [-0.25, -0.2) is 0 Å². The summed E-state index contributed by atoms with van der Waals surface area (Å²) in [7, 11) is 0. The molecule has 1 aromatic carbocycles. The zero-order chi connectivity index (χ0) is 17.4. The first kappa shape index (κ1) is 17.7. The largest absolute Gasteiger partial charge is 0.352 e. The highest BCUT2D eigenvalue weighted by molar-refractivity contribution is 5.99. The number of hydrogen-bond acceptors (Lipinski definition) is 3. The van der Waals surface area contributed by atoms with Gasteiger partial charge in [0.1, 0.15) is 0 Å². The number of pyridine rings is 1. The number of carbonyl (C=O) groups excluding carboxylic acids is 2. The van der Waals surface area contributed by atoms with Crippen LogP contribution in [0.4, 0.5) is 0 Å². The fourth-order valence-electron chi connectivity index (χ4n) is 2.26. The maximum atomic E-state index is 12.3. The predicted molar refractivity (Wildman–Crippen MR) is 93.8 cm³/mol. The van der Waals surface area contributed by atoms with Gasteiger partial charge in [-0.15, -0.1) is 0 Å². The molecule has 0 fully saturated rings. The van der Waals surface area contributed by atoms with E-state index >= 15 is 0 Å². The van der Waals surface area contributed by atoms with Gasteiger partial charge in [-0.3, -0.25) is 14.6 Å². The second-order valence-corrected chi connectivity index (χ2v) is 5.68. The fraction of sp³-hybridized carbons (Fsp3) is 0.316. The van der Waals surface area contributed by atoms with Gasteiger partial charge in [-0.2, -0.15) is 0 Å². The highest BCUT2D eigenvalue weighted by Crippen LogP contribution is 2.08. The molecular formula is C19H23N3O2. The summed E-state index contributed by atoms with van der Waals surface area (Å²) in [5, 5.41) is 5.68. The summed E-state index contributed by atoms with van der Waals surface area (Å²) in [4.78, 5) is 28.3. The molecule has 0 saturated heterocycles. The Bertz CT molecular complexity index is 713. The van der Waals surface area contributed by atoms with Crippen molar-refractivity contribution in [2.45, 2.75) is 33.2 Å². The van der Waals surface area contributed by atoms with Crippen LogP contribution in [0.2, 0.25) is 0 Å². The van der Waals surface area contributed by atoms with Crippen LogP contribution in [0.1, 0.15) is 51.6 Å². The lowest BCUT2D eigenvalue weighted by Gasteiger charge is -2.09. The summed E-state index contributed by atoms with van der Waals surface area (Å²) in [6, 6.07) is 9.46. The average Bonchev–Trinajstić information content (AvgIpc) is 2.61. The first-order valence-corrected chi connectivity index (χ1v) is 8.17. The molecule has 0 aliphatic rings. The topological polar surface area (TPSA) is 71.1 Å². The smallest absolute Gasteiger partial charge is 0.253 e. The molecule has 0 aliphatic heterocycles. The van der Waals surface area contributed by atoms with E-state index < -0.39 is 0 Å². The van der Waals surface area contributed by atoms with Gasteiger partial charge in [-0.1, -0.05) is 37.6 Å². The highest BCUT2D eigenvalue weighted by atomic mass is 16.2. The molecular weight excluding hydrogens is 302 g/mol. The number of hydrogen-bond donors (Lipinski definition) is 2. The molecule has 5 heteroatoms. The summed E-state index contributed by atoms with van der Waals surface area (Å²) < 4.78 is 0. The first-order chi connectivity index (χ1) is 11.6. The van der Waals surface area contributed by atoms with Crippen LogP contribution >= 0.6 is 0 Å². The van der Waals surface area contributed by atoms with Gasteiger partial charge in [0, 0.05) is 25.5 Å². The van der Waals surface area contributed by atoms with Crippen LogP contribution in [0.3, 0.4) is 0 Å². The molecule has 24 heavy (non-hydrogen) atoms. The molecule has 126 valence electrons. The molecule has 2 aromatic rings. The van der Waals surface area contributed by atoms with E-state index in [1.54, 1.807) is 6.07 Å². The number of aryl methyl sites for hydroxylation is 1. The monoisotopic (exact) mass is 325 g/mol. The van der Waals surface area contributed by atoms with Gasteiger partial charge >= 0.3 is 0 Å². The van der Waals surface area contributed by atoms with Crippen molar-refractivity contribution >= 4 is 11.8 Å². The Hall–Kier alpha value is -2.69. The maximum Gasteiger partial charge on any atom is 0.253 e. The SMILES string of the molecule is CCCCNC(=O)c1cncc(C(=O)NCc2ccccc2C)c1. The van der Waals surface area contributed by atoms with E-state index in [0.29, 0.717) is 24.2 Å². The Balaban J connectivity index is 1.98. The molecule has 0 radical (unpaired) electrons. The van der Waals surface area contributed by atoms with E-state index in [2.05, 4.69) is 22.5 Å². The molecule has 2 amide bonds. The minimum atomic E-state index is -0.242. The van der Waals surface area contributed by atoms with Crippen molar-refractivity contribution in [3.63, 3.8) is 0 Å². The number of aromatic nitrogens is 1. The van der Waals surface area contributed by atoms with Crippen LogP contribution in [-0.4, -0.2) is 23.3 Å². The van der Waals surface area contributed by atoms with Crippen molar-refractivity contribution in [3.8, 4) is 0 Å². The molecule has 2 rings (SSSR count). The lowest BCUT2D eigenvalue weighted by Crippen LogP contribution is -2.26. The van der Waals surface area contributed by atoms with E-state index in [9.17, 15) is 9.59 Å². The second-order valence-electron chi connectivity index (χ2n) is 5.68. The molecule has 0 atom stereocenters. The third-order valence-corrected chi connectivity index (χ3v) is 3.78. The zero-order valence-corrected chi connectivity index (χ0v) is 14.1. The summed E-state index contributed by atoms with van der Waals surface area (Å²) in [6.07, 6.45) is 4.88. The van der Waals surface area contributed by atoms with Crippen LogP contribution in [-0.2, 0) is 6.54 Å². The highest BCUT2D eigenvalue weighted by Gasteiger charge is 2.11. The number of nitrogens with zero attached hydrogens (tertiary/aromatic N) is 1. The molecule has 0 spiro atoms. The van der Waals surface area contributed by atoms with Crippen molar-refractivity contribution in [3.05, 3.63) is 65.0 Å². The molecule has 1 heterocycles. The van der Waals surface area contributed by atoms with Crippen LogP contribution in [0.25, 0.3) is 0 Å². The van der Waals surface area contributed by atoms with Gasteiger partial charge in [0.15, 0.2) is 0 Å². The number of nitrogens with one attached hydrogen (secondary N) is 2. The maximum absolute atomic E-state index is 12.3. The Morgan fingerprint density at radius 2 is 1.71 bits per heavy atom. The molecule has 2 N–H and O–H groups in total. The molecule has 0 bridgehead atoms. The number of rotatable bonds is 7. The van der Waals surface area contributed by atoms with Crippen molar-refractivity contribution in [2.75, 3.05) is 6.54 Å². The minimum Gasteiger partial charge on any atom is -0.352 e. The minimum absolute atomic E-state index is 0.204. The molecule has 5 nitrogen and oxygen atoms in total. The van der Waals surface area contributed by atoms with E-state index in [1.807, 2.05) is 31.2 Å². The zero-order valence-electron chi connectivity index (χ0n) is 14.1. The van der Waals surface area contributed by atoms with E-state index in [4.69, 9.17) is 0 Å². The van der Waals surface area contributed by atoms with Gasteiger partial charge in [0.05, 0.1) is 11.1 Å². The van der Waals surface area contributed by atoms with Crippen molar-refractivity contribution in [1.29, 1.82) is 0 Å². The number of benzene rings is 1. The molecule has 0 aliphatic carbocycles. The third-order valence-electron chi connectivity index (χ3n) is 3.78. The molecule has 0 unspecified atom stereocenters. The Labute approximate surface area is 142 Å². The van der Waals surface area contributed by atoms with Gasteiger partial charge in [0.2, 0.25) is 0 Å². The van der Waals surface area contributed by atoms with Crippen molar-refractivity contribution in [2.24, 2.45) is 0 Å². The quantitative estimate of drug-likeness (QED) is 0.769. The van der Waals surface area contributed by atoms with Gasteiger partial charge in [-0.05, 0) is 30.5 Å². The molecule has 0 saturated carbocycles. The Morgan fingerprint density at radius 3 is 2.38 bits per heavy atom. The van der Waals surface area contributed by atoms with E-state index in [0.717, 1.165) is 24.0 Å². The van der Waals surface area contributed by atoms with Crippen LogP contribution < -0.4 is 10.6 Å². The summed E-state index contributed by atoms with van der Waals surface area (Å²) in [5.74, 6) is -0.446. The van der Waals surface area contributed by atoms with Gasteiger partial charge in [0.25, 0.3) is 11.8 Å². The summed E-state index contributed by atoms with van der Waals surface area (Å²) in [6.45, 7) is 5.13. The lowest BCUT2D eigenvalue weighted by atomic mass is 10.1. The summed E-state index contributed by atoms with van der Waals surface area (Å²) >= 11 is 0. The van der Waals surface area contributed by atoms with E-state index in [-0.39, 0.29) is 11.8 Å². The Kier molecular flexibility index (Phi) is 6.49.